The van der Waals surface area contributed by atoms with Gasteiger partial charge in [-0.15, -0.1) is 0 Å². The first-order valence-electron chi connectivity index (χ1n) is 4.94. The summed E-state index contributed by atoms with van der Waals surface area (Å²) in [5, 5.41) is 9.39. The molecule has 1 heteroatoms. The smallest absolute Gasteiger partial charge is 0.0726 e. The highest BCUT2D eigenvalue weighted by atomic mass is 16.3. The maximum Gasteiger partial charge on any atom is 0.0726 e. The molecule has 0 fully saturated rings. The van der Waals surface area contributed by atoms with Crippen molar-refractivity contribution in [2.24, 2.45) is 11.3 Å². The van der Waals surface area contributed by atoms with Crippen molar-refractivity contribution in [1.29, 1.82) is 0 Å². The van der Waals surface area contributed by atoms with Crippen molar-refractivity contribution in [1.82, 2.24) is 0 Å². The number of hydrogen-bond acceptors (Lipinski definition) is 1. The van der Waals surface area contributed by atoms with Gasteiger partial charge in [0.2, 0.25) is 0 Å². The van der Waals surface area contributed by atoms with Crippen LogP contribution in [0.25, 0.3) is 0 Å². The predicted molar refractivity (Wildman–Crippen MR) is 56.5 cm³/mol. The minimum atomic E-state index is -0.227. The Balaban J connectivity index is 2.71. The molecule has 2 atom stereocenters. The number of allylic oxidation sites excluding steroid dienone is 3. The fourth-order valence-electron chi connectivity index (χ4n) is 2.08. The quantitative estimate of drug-likeness (QED) is 0.648. The largest absolute Gasteiger partial charge is 0.389 e. The SMILES string of the molecule is CC(C)=CC(C)(C)C1C=CC(O)C1. The molecular formula is C12H20O. The van der Waals surface area contributed by atoms with Crippen molar-refractivity contribution in [3.63, 3.8) is 0 Å². The third kappa shape index (κ3) is 2.70. The van der Waals surface area contributed by atoms with Crippen LogP contribution in [0.3, 0.4) is 0 Å². The van der Waals surface area contributed by atoms with E-state index in [2.05, 4.69) is 39.8 Å². The zero-order valence-electron chi connectivity index (χ0n) is 9.04. The molecule has 0 aliphatic heterocycles. The van der Waals surface area contributed by atoms with Gasteiger partial charge in [-0.25, -0.2) is 0 Å². The topological polar surface area (TPSA) is 20.2 Å². The number of aliphatic hydroxyl groups excluding tert-OH is 1. The number of aliphatic hydroxyl groups is 1. The van der Waals surface area contributed by atoms with E-state index in [9.17, 15) is 5.11 Å². The summed E-state index contributed by atoms with van der Waals surface area (Å²) in [4.78, 5) is 0. The lowest BCUT2D eigenvalue weighted by Gasteiger charge is -2.28. The lowest BCUT2D eigenvalue weighted by molar-refractivity contribution is 0.185. The third-order valence-corrected chi connectivity index (χ3v) is 2.68. The van der Waals surface area contributed by atoms with Crippen molar-refractivity contribution >= 4 is 0 Å². The lowest BCUT2D eigenvalue weighted by Crippen LogP contribution is -2.20. The maximum absolute atomic E-state index is 9.39. The Morgan fingerprint density at radius 1 is 1.38 bits per heavy atom. The monoisotopic (exact) mass is 180 g/mol. The fourth-order valence-corrected chi connectivity index (χ4v) is 2.08. The van der Waals surface area contributed by atoms with Crippen LogP contribution in [-0.2, 0) is 0 Å². The zero-order chi connectivity index (χ0) is 10.1. The van der Waals surface area contributed by atoms with E-state index in [-0.39, 0.29) is 11.5 Å². The van der Waals surface area contributed by atoms with Crippen LogP contribution >= 0.6 is 0 Å². The Bertz CT molecular complexity index is 232. The molecule has 0 aromatic rings. The Hall–Kier alpha value is -0.560. The van der Waals surface area contributed by atoms with Gasteiger partial charge in [-0.1, -0.05) is 37.6 Å². The highest BCUT2D eigenvalue weighted by Gasteiger charge is 2.29. The van der Waals surface area contributed by atoms with Crippen LogP contribution in [0.4, 0.5) is 0 Å². The molecule has 0 saturated heterocycles. The van der Waals surface area contributed by atoms with Gasteiger partial charge in [0.1, 0.15) is 0 Å². The minimum absolute atomic E-state index is 0.173. The number of rotatable bonds is 2. The molecule has 1 aliphatic rings. The second-order valence-electron chi connectivity index (χ2n) is 4.84. The van der Waals surface area contributed by atoms with Crippen LogP contribution in [0.2, 0.25) is 0 Å². The molecule has 2 unspecified atom stereocenters. The van der Waals surface area contributed by atoms with Gasteiger partial charge in [0.15, 0.2) is 0 Å². The van der Waals surface area contributed by atoms with E-state index in [1.54, 1.807) is 0 Å². The first-order chi connectivity index (χ1) is 5.92. The van der Waals surface area contributed by atoms with Crippen LogP contribution in [0, 0.1) is 11.3 Å². The predicted octanol–water partition coefficient (Wildman–Crippen LogP) is 2.92. The average Bonchev–Trinajstić information content (AvgIpc) is 2.32. The summed E-state index contributed by atoms with van der Waals surface area (Å²) in [6.07, 6.45) is 6.99. The molecule has 0 saturated carbocycles. The molecular weight excluding hydrogens is 160 g/mol. The van der Waals surface area contributed by atoms with E-state index in [1.807, 2.05) is 6.08 Å². The minimum Gasteiger partial charge on any atom is -0.389 e. The standard InChI is InChI=1S/C12H20O/c1-9(2)8-12(3,4)10-5-6-11(13)7-10/h5-6,8,10-11,13H,7H2,1-4H3. The molecule has 1 nitrogen and oxygen atoms in total. The van der Waals surface area contributed by atoms with Crippen LogP contribution in [0.1, 0.15) is 34.1 Å². The van der Waals surface area contributed by atoms with Crippen LogP contribution in [-0.4, -0.2) is 11.2 Å². The maximum atomic E-state index is 9.39. The second-order valence-corrected chi connectivity index (χ2v) is 4.84. The molecule has 0 amide bonds. The Labute approximate surface area is 81.2 Å². The average molecular weight is 180 g/mol. The summed E-state index contributed by atoms with van der Waals surface area (Å²) in [7, 11) is 0. The van der Waals surface area contributed by atoms with E-state index in [0.717, 1.165) is 6.42 Å². The first kappa shape index (κ1) is 10.5. The van der Waals surface area contributed by atoms with E-state index in [1.165, 1.54) is 5.57 Å². The van der Waals surface area contributed by atoms with E-state index < -0.39 is 0 Å². The molecule has 1 N–H and O–H groups in total. The Morgan fingerprint density at radius 2 is 2.00 bits per heavy atom. The van der Waals surface area contributed by atoms with Crippen molar-refractivity contribution in [3.8, 4) is 0 Å². The molecule has 0 aromatic carbocycles. The highest BCUT2D eigenvalue weighted by Crippen LogP contribution is 2.37. The molecule has 13 heavy (non-hydrogen) atoms. The second kappa shape index (κ2) is 3.67. The van der Waals surface area contributed by atoms with Gasteiger partial charge in [0.25, 0.3) is 0 Å². The normalized spacial score (nSPS) is 27.8. The molecule has 1 rings (SSSR count). The summed E-state index contributed by atoms with van der Waals surface area (Å²) in [6, 6.07) is 0. The Kier molecular flexibility index (Phi) is 2.97. The fraction of sp³-hybridized carbons (Fsp3) is 0.667. The molecule has 0 bridgehead atoms. The highest BCUT2D eigenvalue weighted by molar-refractivity contribution is 5.14. The first-order valence-corrected chi connectivity index (χ1v) is 4.94. The van der Waals surface area contributed by atoms with Gasteiger partial charge >= 0.3 is 0 Å². The van der Waals surface area contributed by atoms with Gasteiger partial charge in [-0.2, -0.15) is 0 Å². The zero-order valence-corrected chi connectivity index (χ0v) is 9.04. The van der Waals surface area contributed by atoms with Gasteiger partial charge in [-0.05, 0) is 31.6 Å². The molecule has 0 radical (unpaired) electrons. The Morgan fingerprint density at radius 3 is 2.38 bits per heavy atom. The lowest BCUT2D eigenvalue weighted by atomic mass is 9.77. The van der Waals surface area contributed by atoms with Crippen molar-refractivity contribution in [2.45, 2.75) is 40.2 Å². The van der Waals surface area contributed by atoms with E-state index in [4.69, 9.17) is 0 Å². The van der Waals surface area contributed by atoms with Crippen LogP contribution < -0.4 is 0 Å². The third-order valence-electron chi connectivity index (χ3n) is 2.68. The van der Waals surface area contributed by atoms with Crippen molar-refractivity contribution in [2.75, 3.05) is 0 Å². The molecule has 0 spiro atoms. The van der Waals surface area contributed by atoms with Crippen LogP contribution in [0.5, 0.6) is 0 Å². The summed E-state index contributed by atoms with van der Waals surface area (Å²) in [6.45, 7) is 8.70. The molecule has 1 aliphatic carbocycles. The van der Waals surface area contributed by atoms with Crippen molar-refractivity contribution < 1.29 is 5.11 Å². The van der Waals surface area contributed by atoms with E-state index >= 15 is 0 Å². The molecule has 74 valence electrons. The van der Waals surface area contributed by atoms with E-state index in [0.29, 0.717) is 5.92 Å². The summed E-state index contributed by atoms with van der Waals surface area (Å²) >= 11 is 0. The summed E-state index contributed by atoms with van der Waals surface area (Å²) in [5.41, 5.74) is 1.52. The number of hydrogen-bond donors (Lipinski definition) is 1. The summed E-state index contributed by atoms with van der Waals surface area (Å²) in [5.74, 6) is 0.484. The van der Waals surface area contributed by atoms with Gasteiger partial charge in [0.05, 0.1) is 6.10 Å². The molecule has 0 heterocycles. The van der Waals surface area contributed by atoms with Gasteiger partial charge in [0, 0.05) is 0 Å². The molecule has 0 aromatic heterocycles. The van der Waals surface area contributed by atoms with Crippen LogP contribution in [0.15, 0.2) is 23.8 Å². The van der Waals surface area contributed by atoms with Crippen molar-refractivity contribution in [3.05, 3.63) is 23.8 Å². The van der Waals surface area contributed by atoms with Gasteiger partial charge in [-0.3, -0.25) is 0 Å². The summed E-state index contributed by atoms with van der Waals surface area (Å²) < 4.78 is 0. The van der Waals surface area contributed by atoms with Gasteiger partial charge < -0.3 is 5.11 Å².